The van der Waals surface area contributed by atoms with Gasteiger partial charge in [-0.15, -0.1) is 0 Å². The predicted molar refractivity (Wildman–Crippen MR) is 98.5 cm³/mol. The van der Waals surface area contributed by atoms with E-state index < -0.39 is 24.4 Å². The van der Waals surface area contributed by atoms with Crippen LogP contribution in [0.1, 0.15) is 15.9 Å². The van der Waals surface area contributed by atoms with Crippen LogP contribution in [0, 0.1) is 0 Å². The molecule has 0 unspecified atom stereocenters. The van der Waals surface area contributed by atoms with Gasteiger partial charge in [-0.3, -0.25) is 20.4 Å². The molecule has 0 heterocycles. The number of nitrogens with one attached hydrogen (secondary N) is 2. The van der Waals surface area contributed by atoms with Gasteiger partial charge in [0.1, 0.15) is 0 Å². The second kappa shape index (κ2) is 9.60. The number of esters is 1. The zero-order valence-corrected chi connectivity index (χ0v) is 14.9. The minimum atomic E-state index is -0.759. The van der Waals surface area contributed by atoms with Crippen molar-refractivity contribution in [2.24, 2.45) is 0 Å². The summed E-state index contributed by atoms with van der Waals surface area (Å²) in [5.41, 5.74) is 5.20. The van der Waals surface area contributed by atoms with E-state index in [0.717, 1.165) is 6.08 Å². The van der Waals surface area contributed by atoms with E-state index in [-0.39, 0.29) is 0 Å². The minimum absolute atomic E-state index is 0.378. The van der Waals surface area contributed by atoms with E-state index in [0.29, 0.717) is 21.2 Å². The first kappa shape index (κ1) is 19.5. The summed E-state index contributed by atoms with van der Waals surface area (Å²) in [6.07, 6.45) is 2.49. The maximum atomic E-state index is 11.7. The number of hydrogen-bond donors (Lipinski definition) is 2. The number of amides is 2. The van der Waals surface area contributed by atoms with E-state index in [9.17, 15) is 14.4 Å². The molecule has 0 bridgehead atoms. The zero-order chi connectivity index (χ0) is 18.9. The van der Waals surface area contributed by atoms with Crippen molar-refractivity contribution in [2.45, 2.75) is 0 Å². The van der Waals surface area contributed by atoms with Crippen LogP contribution in [0.3, 0.4) is 0 Å². The van der Waals surface area contributed by atoms with Crippen LogP contribution in [0.4, 0.5) is 0 Å². The van der Waals surface area contributed by atoms with E-state index >= 15 is 0 Å². The van der Waals surface area contributed by atoms with Crippen molar-refractivity contribution in [3.63, 3.8) is 0 Å². The quantitative estimate of drug-likeness (QED) is 0.465. The molecule has 0 saturated heterocycles. The number of ether oxygens (including phenoxy) is 1. The number of halogens is 2. The Morgan fingerprint density at radius 1 is 0.923 bits per heavy atom. The molecule has 2 N–H and O–H groups in total. The van der Waals surface area contributed by atoms with E-state index in [4.69, 9.17) is 27.9 Å². The van der Waals surface area contributed by atoms with Crippen molar-refractivity contribution in [2.75, 3.05) is 6.61 Å². The first-order chi connectivity index (χ1) is 12.5. The average Bonchev–Trinajstić information content (AvgIpc) is 2.64. The second-order valence-electron chi connectivity index (χ2n) is 4.94. The Kier molecular flexibility index (Phi) is 7.20. The number of hydrazine groups is 1. The van der Waals surface area contributed by atoms with Crippen LogP contribution in [-0.2, 0) is 14.3 Å². The molecular formula is C18H14Cl2N2O4. The smallest absolute Gasteiger partial charge is 0.331 e. The van der Waals surface area contributed by atoms with Crippen molar-refractivity contribution in [3.05, 3.63) is 75.8 Å². The minimum Gasteiger partial charge on any atom is -0.452 e. The lowest BCUT2D eigenvalue weighted by molar-refractivity contribution is -0.144. The van der Waals surface area contributed by atoms with Crippen molar-refractivity contribution in [1.82, 2.24) is 10.9 Å². The van der Waals surface area contributed by atoms with Crippen LogP contribution >= 0.6 is 23.2 Å². The normalized spacial score (nSPS) is 10.4. The molecule has 8 heteroatoms. The summed E-state index contributed by atoms with van der Waals surface area (Å²) in [5, 5.41) is 0.755. The highest BCUT2D eigenvalue weighted by Gasteiger charge is 2.09. The lowest BCUT2D eigenvalue weighted by atomic mass is 10.2. The maximum Gasteiger partial charge on any atom is 0.331 e. The van der Waals surface area contributed by atoms with E-state index in [2.05, 4.69) is 10.9 Å². The number of benzene rings is 2. The standard InChI is InChI=1S/C18H14Cl2N2O4/c19-14-7-4-8-15(20)13(14)9-10-17(24)26-11-16(23)21-22-18(25)12-5-2-1-3-6-12/h1-10H,11H2,(H,21,23)(H,22,25)/b10-9+. The summed E-state index contributed by atoms with van der Waals surface area (Å²) in [5.74, 6) is -1.93. The highest BCUT2D eigenvalue weighted by molar-refractivity contribution is 6.37. The largest absolute Gasteiger partial charge is 0.452 e. The van der Waals surface area contributed by atoms with Crippen LogP contribution in [0.25, 0.3) is 6.08 Å². The topological polar surface area (TPSA) is 84.5 Å². The lowest BCUT2D eigenvalue weighted by Gasteiger charge is -2.07. The molecular weight excluding hydrogens is 379 g/mol. The summed E-state index contributed by atoms with van der Waals surface area (Å²) in [7, 11) is 0. The molecule has 2 aromatic carbocycles. The van der Waals surface area contributed by atoms with Crippen molar-refractivity contribution in [1.29, 1.82) is 0 Å². The summed E-state index contributed by atoms with van der Waals surface area (Å²) in [6, 6.07) is 13.2. The Balaban J connectivity index is 1.77. The van der Waals surface area contributed by atoms with Crippen LogP contribution in [0.2, 0.25) is 10.0 Å². The van der Waals surface area contributed by atoms with Crippen LogP contribution in [0.15, 0.2) is 54.6 Å². The first-order valence-corrected chi connectivity index (χ1v) is 8.16. The molecule has 2 aromatic rings. The number of rotatable bonds is 5. The third-order valence-corrected chi connectivity index (χ3v) is 3.74. The molecule has 0 saturated carbocycles. The van der Waals surface area contributed by atoms with Crippen LogP contribution in [0.5, 0.6) is 0 Å². The maximum absolute atomic E-state index is 11.7. The molecule has 6 nitrogen and oxygen atoms in total. The predicted octanol–water partition coefficient (Wildman–Crippen LogP) is 3.01. The number of hydrogen-bond acceptors (Lipinski definition) is 4. The van der Waals surface area contributed by atoms with E-state index in [1.165, 1.54) is 6.08 Å². The van der Waals surface area contributed by atoms with Gasteiger partial charge >= 0.3 is 5.97 Å². The third kappa shape index (κ3) is 5.91. The Hall–Kier alpha value is -2.83. The monoisotopic (exact) mass is 392 g/mol. The van der Waals surface area contributed by atoms with Gasteiger partial charge in [-0.05, 0) is 30.3 Å². The lowest BCUT2D eigenvalue weighted by Crippen LogP contribution is -2.43. The van der Waals surface area contributed by atoms with Crippen molar-refractivity contribution < 1.29 is 19.1 Å². The molecule has 0 atom stereocenters. The van der Waals surface area contributed by atoms with E-state index in [1.807, 2.05) is 0 Å². The second-order valence-corrected chi connectivity index (χ2v) is 5.76. The molecule has 26 heavy (non-hydrogen) atoms. The Morgan fingerprint density at radius 3 is 2.23 bits per heavy atom. The van der Waals surface area contributed by atoms with Gasteiger partial charge in [0.05, 0.1) is 0 Å². The van der Waals surface area contributed by atoms with Crippen LogP contribution in [-0.4, -0.2) is 24.4 Å². The molecule has 2 rings (SSSR count). The highest BCUT2D eigenvalue weighted by atomic mass is 35.5. The van der Waals surface area contributed by atoms with Gasteiger partial charge in [0.25, 0.3) is 11.8 Å². The first-order valence-electron chi connectivity index (χ1n) is 7.40. The molecule has 0 fully saturated rings. The average molecular weight is 393 g/mol. The fourth-order valence-corrected chi connectivity index (χ4v) is 2.35. The molecule has 2 amide bonds. The molecule has 0 aliphatic rings. The molecule has 0 aromatic heterocycles. The molecule has 0 aliphatic carbocycles. The SMILES string of the molecule is O=C(COC(=O)/C=C/c1c(Cl)cccc1Cl)NNC(=O)c1ccccc1. The number of carbonyl (C=O) groups excluding carboxylic acids is 3. The van der Waals surface area contributed by atoms with Gasteiger partial charge < -0.3 is 4.74 Å². The molecule has 0 spiro atoms. The van der Waals surface area contributed by atoms with Gasteiger partial charge in [-0.1, -0.05) is 47.5 Å². The van der Waals surface area contributed by atoms with Crippen molar-refractivity contribution >= 4 is 47.1 Å². The van der Waals surface area contributed by atoms with Gasteiger partial charge in [-0.2, -0.15) is 0 Å². The molecule has 134 valence electrons. The van der Waals surface area contributed by atoms with Gasteiger partial charge in [0, 0.05) is 27.2 Å². The van der Waals surface area contributed by atoms with Gasteiger partial charge in [-0.25, -0.2) is 4.79 Å². The van der Waals surface area contributed by atoms with Crippen LogP contribution < -0.4 is 10.9 Å². The van der Waals surface area contributed by atoms with Crippen molar-refractivity contribution in [3.8, 4) is 0 Å². The summed E-state index contributed by atoms with van der Waals surface area (Å²) < 4.78 is 4.77. The fraction of sp³-hybridized carbons (Fsp3) is 0.0556. The third-order valence-electron chi connectivity index (χ3n) is 3.08. The Morgan fingerprint density at radius 2 is 1.58 bits per heavy atom. The Bertz CT molecular complexity index is 818. The molecule has 0 radical (unpaired) electrons. The fourth-order valence-electron chi connectivity index (χ4n) is 1.83. The summed E-state index contributed by atoms with van der Waals surface area (Å²) in [4.78, 5) is 35.0. The summed E-state index contributed by atoms with van der Waals surface area (Å²) in [6.45, 7) is -0.561. The molecule has 0 aliphatic heterocycles. The van der Waals surface area contributed by atoms with E-state index in [1.54, 1.807) is 48.5 Å². The highest BCUT2D eigenvalue weighted by Crippen LogP contribution is 2.25. The van der Waals surface area contributed by atoms with Gasteiger partial charge in [0.15, 0.2) is 6.61 Å². The summed E-state index contributed by atoms with van der Waals surface area (Å²) >= 11 is 11.9. The zero-order valence-electron chi connectivity index (χ0n) is 13.4. The number of carbonyl (C=O) groups is 3. The Labute approximate surface area is 159 Å². The van der Waals surface area contributed by atoms with Gasteiger partial charge in [0.2, 0.25) is 0 Å².